The van der Waals surface area contributed by atoms with Crippen LogP contribution in [0.25, 0.3) is 11.2 Å². The molecule has 3 aromatic heterocycles. The van der Waals surface area contributed by atoms with Crippen molar-refractivity contribution in [1.82, 2.24) is 24.4 Å². The van der Waals surface area contributed by atoms with Crippen molar-refractivity contribution in [3.63, 3.8) is 0 Å². The minimum atomic E-state index is -1.06. The topological polar surface area (TPSA) is 103 Å². The molecule has 4 aromatic rings. The molecule has 0 aliphatic carbocycles. The molecule has 0 saturated carbocycles. The van der Waals surface area contributed by atoms with E-state index in [1.54, 1.807) is 24.3 Å². The number of benzene rings is 1. The molecule has 0 bridgehead atoms. The van der Waals surface area contributed by atoms with E-state index in [1.807, 2.05) is 16.7 Å². The lowest BCUT2D eigenvalue weighted by Crippen LogP contribution is -2.37. The minimum Gasteiger partial charge on any atom is -0.477 e. The predicted molar refractivity (Wildman–Crippen MR) is 151 cm³/mol. The normalized spacial score (nSPS) is 18.8. The molecule has 9 nitrogen and oxygen atoms in total. The van der Waals surface area contributed by atoms with Crippen LogP contribution in [0.15, 0.2) is 48.5 Å². The van der Waals surface area contributed by atoms with Crippen LogP contribution in [0.2, 0.25) is 5.02 Å². The Morgan fingerprint density at radius 1 is 1.15 bits per heavy atom. The van der Waals surface area contributed by atoms with Crippen LogP contribution >= 0.6 is 11.6 Å². The molecule has 2 aliphatic heterocycles. The van der Waals surface area contributed by atoms with Gasteiger partial charge in [-0.05, 0) is 69.6 Å². The average molecular weight is 580 g/mol. The van der Waals surface area contributed by atoms with E-state index in [1.165, 1.54) is 12.1 Å². The number of carboxylic acids is 1. The summed E-state index contributed by atoms with van der Waals surface area (Å²) in [7, 11) is 0. The van der Waals surface area contributed by atoms with Gasteiger partial charge in [0.25, 0.3) is 0 Å². The van der Waals surface area contributed by atoms with Gasteiger partial charge in [-0.2, -0.15) is 0 Å². The molecular formula is C30H31ClFN5O4. The molecule has 5 heterocycles. The Morgan fingerprint density at radius 3 is 2.66 bits per heavy atom. The number of carboxylic acid groups (broad SMARTS) is 1. The van der Waals surface area contributed by atoms with Crippen molar-refractivity contribution in [3.8, 4) is 5.88 Å². The van der Waals surface area contributed by atoms with E-state index in [4.69, 9.17) is 31.0 Å². The second-order valence-corrected chi connectivity index (χ2v) is 11.1. The highest BCUT2D eigenvalue weighted by Gasteiger charge is 2.30. The molecule has 41 heavy (non-hydrogen) atoms. The maximum Gasteiger partial charge on any atom is 0.354 e. The van der Waals surface area contributed by atoms with Crippen molar-refractivity contribution in [2.75, 3.05) is 19.7 Å². The summed E-state index contributed by atoms with van der Waals surface area (Å²) in [6.07, 6.45) is 2.87. The SMILES string of the molecule is C[C@@H](c1nc2ccc(C(=O)O)nc2n1C[C@@H]1CCO1)N1CCC(c2cccc(OCc3ccc(Cl)cc3F)n2)CC1. The van der Waals surface area contributed by atoms with Crippen molar-refractivity contribution in [1.29, 1.82) is 0 Å². The number of rotatable bonds is 9. The first-order valence-electron chi connectivity index (χ1n) is 13.9. The third-order valence-electron chi connectivity index (χ3n) is 8.03. The fourth-order valence-electron chi connectivity index (χ4n) is 5.54. The summed E-state index contributed by atoms with van der Waals surface area (Å²) in [6.45, 7) is 5.25. The highest BCUT2D eigenvalue weighted by molar-refractivity contribution is 6.30. The summed E-state index contributed by atoms with van der Waals surface area (Å²) in [5, 5.41) is 9.82. The molecule has 0 spiro atoms. The first-order chi connectivity index (χ1) is 19.9. The number of hydrogen-bond donors (Lipinski definition) is 1. The van der Waals surface area contributed by atoms with Crippen molar-refractivity contribution in [2.24, 2.45) is 0 Å². The smallest absolute Gasteiger partial charge is 0.354 e. The Morgan fingerprint density at radius 2 is 1.95 bits per heavy atom. The highest BCUT2D eigenvalue weighted by atomic mass is 35.5. The van der Waals surface area contributed by atoms with Gasteiger partial charge in [0.2, 0.25) is 5.88 Å². The van der Waals surface area contributed by atoms with Crippen molar-refractivity contribution < 1.29 is 23.8 Å². The van der Waals surface area contributed by atoms with Gasteiger partial charge in [0.1, 0.15) is 23.8 Å². The van der Waals surface area contributed by atoms with Crippen LogP contribution in [-0.4, -0.2) is 61.3 Å². The number of piperidine rings is 1. The van der Waals surface area contributed by atoms with Crippen LogP contribution in [0.1, 0.15) is 65.7 Å². The molecule has 1 aromatic carbocycles. The third kappa shape index (κ3) is 5.91. The van der Waals surface area contributed by atoms with Crippen LogP contribution in [-0.2, 0) is 17.9 Å². The maximum absolute atomic E-state index is 14.1. The number of carbonyl (C=O) groups is 1. The van der Waals surface area contributed by atoms with E-state index in [-0.39, 0.29) is 30.4 Å². The van der Waals surface area contributed by atoms with Gasteiger partial charge in [-0.15, -0.1) is 0 Å². The Kier molecular flexibility index (Phi) is 7.88. The number of aromatic carboxylic acids is 1. The summed E-state index contributed by atoms with van der Waals surface area (Å²) in [5.41, 5.74) is 2.66. The zero-order valence-electron chi connectivity index (χ0n) is 22.7. The molecular weight excluding hydrogens is 549 g/mol. The summed E-state index contributed by atoms with van der Waals surface area (Å²) >= 11 is 5.85. The number of pyridine rings is 2. The molecule has 0 radical (unpaired) electrons. The van der Waals surface area contributed by atoms with Crippen LogP contribution < -0.4 is 4.74 Å². The Labute approximate surface area is 241 Å². The Balaban J connectivity index is 1.14. The Bertz CT molecular complexity index is 1570. The van der Waals surface area contributed by atoms with Crippen LogP contribution in [0.3, 0.4) is 0 Å². The van der Waals surface area contributed by atoms with Gasteiger partial charge in [0.15, 0.2) is 11.3 Å². The van der Waals surface area contributed by atoms with Crippen LogP contribution in [0.5, 0.6) is 5.88 Å². The minimum absolute atomic E-state index is 0.00482. The number of fused-ring (bicyclic) bond motifs is 1. The monoisotopic (exact) mass is 579 g/mol. The molecule has 11 heteroatoms. The van der Waals surface area contributed by atoms with E-state index in [2.05, 4.69) is 16.8 Å². The number of hydrogen-bond acceptors (Lipinski definition) is 7. The van der Waals surface area contributed by atoms with Gasteiger partial charge in [-0.1, -0.05) is 23.7 Å². The number of imidazole rings is 1. The Hall–Kier alpha value is -3.60. The third-order valence-corrected chi connectivity index (χ3v) is 8.26. The molecule has 2 atom stereocenters. The maximum atomic E-state index is 14.1. The molecule has 6 rings (SSSR count). The van der Waals surface area contributed by atoms with Crippen molar-refractivity contribution in [2.45, 2.75) is 57.4 Å². The van der Waals surface area contributed by atoms with Crippen LogP contribution in [0, 0.1) is 5.82 Å². The van der Waals surface area contributed by atoms with Crippen molar-refractivity contribution in [3.05, 3.63) is 82.1 Å². The lowest BCUT2D eigenvalue weighted by atomic mass is 9.92. The zero-order chi connectivity index (χ0) is 28.5. The van der Waals surface area contributed by atoms with Crippen molar-refractivity contribution >= 4 is 28.7 Å². The molecule has 2 saturated heterocycles. The van der Waals surface area contributed by atoms with Gasteiger partial charge in [-0.3, -0.25) is 4.90 Å². The highest BCUT2D eigenvalue weighted by Crippen LogP contribution is 2.33. The zero-order valence-corrected chi connectivity index (χ0v) is 23.4. The van der Waals surface area contributed by atoms with E-state index < -0.39 is 11.8 Å². The standard InChI is InChI=1S/C30H31ClFN5O4/c1-18(28-34-25-7-8-26(30(38)39)35-29(25)37(28)16-22-11-14-40-22)36-12-9-19(10-13-36)24-3-2-4-27(33-24)41-17-20-5-6-21(31)15-23(20)32/h2-8,15,18-19,22H,9-14,16-17H2,1H3,(H,38,39)/t18-,22-/m0/s1. The van der Waals surface area contributed by atoms with Crippen LogP contribution in [0.4, 0.5) is 4.39 Å². The quantitative estimate of drug-likeness (QED) is 0.272. The number of aromatic nitrogens is 4. The number of likely N-dealkylation sites (tertiary alicyclic amines) is 1. The molecule has 0 unspecified atom stereocenters. The molecule has 2 aliphatic rings. The van der Waals surface area contributed by atoms with E-state index in [9.17, 15) is 14.3 Å². The molecule has 2 fully saturated rings. The largest absolute Gasteiger partial charge is 0.477 e. The summed E-state index contributed by atoms with van der Waals surface area (Å²) < 4.78 is 27.7. The summed E-state index contributed by atoms with van der Waals surface area (Å²) in [6, 6.07) is 13.5. The number of halogens is 2. The second kappa shape index (κ2) is 11.7. The lowest BCUT2D eigenvalue weighted by Gasteiger charge is -2.36. The van der Waals surface area contributed by atoms with Gasteiger partial charge in [0.05, 0.1) is 18.7 Å². The van der Waals surface area contributed by atoms with E-state index >= 15 is 0 Å². The van der Waals surface area contributed by atoms with E-state index in [0.29, 0.717) is 34.2 Å². The van der Waals surface area contributed by atoms with Gasteiger partial charge >= 0.3 is 5.97 Å². The van der Waals surface area contributed by atoms with Gasteiger partial charge in [0, 0.05) is 34.9 Å². The fourth-order valence-corrected chi connectivity index (χ4v) is 5.70. The first-order valence-corrected chi connectivity index (χ1v) is 14.2. The van der Waals surface area contributed by atoms with E-state index in [0.717, 1.165) is 50.5 Å². The average Bonchev–Trinajstić information content (AvgIpc) is 3.32. The molecule has 214 valence electrons. The first kappa shape index (κ1) is 27.6. The summed E-state index contributed by atoms with van der Waals surface area (Å²) in [4.78, 5) is 28.0. The number of nitrogens with zero attached hydrogens (tertiary/aromatic N) is 5. The fraction of sp³-hybridized carbons (Fsp3) is 0.400. The lowest BCUT2D eigenvalue weighted by molar-refractivity contribution is -0.0595. The van der Waals surface area contributed by atoms with Gasteiger partial charge < -0.3 is 19.1 Å². The second-order valence-electron chi connectivity index (χ2n) is 10.6. The number of ether oxygens (including phenoxy) is 2. The molecule has 1 N–H and O–H groups in total. The van der Waals surface area contributed by atoms with Gasteiger partial charge in [-0.25, -0.2) is 24.1 Å². The predicted octanol–water partition coefficient (Wildman–Crippen LogP) is 5.63. The molecule has 0 amide bonds. The summed E-state index contributed by atoms with van der Waals surface area (Å²) in [5.74, 6) is 0.148.